The van der Waals surface area contributed by atoms with Crippen LogP contribution in [0, 0.1) is 6.92 Å². The van der Waals surface area contributed by atoms with Crippen LogP contribution in [0.5, 0.6) is 0 Å². The standard InChI is InChI=1S/C23H22ClN3O3S/c1-3-14-27(19-9-5-4-6-10-19)31(29,30)22-15-18(11-12-20(22)24)23(28)26-16-21-17(2)8-7-13-25-21/h3-13,15H,1,14,16H2,2H3,(H,26,28). The van der Waals surface area contributed by atoms with Crippen LogP contribution in [0.4, 0.5) is 5.69 Å². The number of hydrogen-bond donors (Lipinski definition) is 1. The highest BCUT2D eigenvalue weighted by Crippen LogP contribution is 2.29. The molecule has 0 saturated heterocycles. The highest BCUT2D eigenvalue weighted by molar-refractivity contribution is 7.93. The van der Waals surface area contributed by atoms with Crippen molar-refractivity contribution in [3.8, 4) is 0 Å². The van der Waals surface area contributed by atoms with Crippen LogP contribution < -0.4 is 9.62 Å². The monoisotopic (exact) mass is 455 g/mol. The summed E-state index contributed by atoms with van der Waals surface area (Å²) in [6.45, 7) is 5.83. The van der Waals surface area contributed by atoms with Gasteiger partial charge in [0, 0.05) is 11.8 Å². The first-order valence-electron chi connectivity index (χ1n) is 9.51. The second kappa shape index (κ2) is 9.76. The van der Waals surface area contributed by atoms with Crippen molar-refractivity contribution >= 4 is 33.2 Å². The number of nitrogens with zero attached hydrogens (tertiary/aromatic N) is 2. The minimum atomic E-state index is -4.04. The number of aromatic nitrogens is 1. The number of carbonyl (C=O) groups excluding carboxylic acids is 1. The van der Waals surface area contributed by atoms with Gasteiger partial charge in [0.15, 0.2) is 0 Å². The zero-order chi connectivity index (χ0) is 22.4. The van der Waals surface area contributed by atoms with Gasteiger partial charge in [-0.25, -0.2) is 8.42 Å². The maximum absolute atomic E-state index is 13.4. The summed E-state index contributed by atoms with van der Waals surface area (Å²) in [4.78, 5) is 16.8. The summed E-state index contributed by atoms with van der Waals surface area (Å²) in [7, 11) is -4.04. The lowest BCUT2D eigenvalue weighted by atomic mass is 10.2. The number of sulfonamides is 1. The van der Waals surface area contributed by atoms with E-state index in [2.05, 4.69) is 16.9 Å². The predicted molar refractivity (Wildman–Crippen MR) is 123 cm³/mol. The van der Waals surface area contributed by atoms with Crippen LogP contribution in [0.1, 0.15) is 21.6 Å². The molecule has 8 heteroatoms. The van der Waals surface area contributed by atoms with E-state index in [1.54, 1.807) is 36.5 Å². The first-order valence-corrected chi connectivity index (χ1v) is 11.3. The molecule has 0 spiro atoms. The number of para-hydroxylation sites is 1. The van der Waals surface area contributed by atoms with Crippen LogP contribution in [-0.2, 0) is 16.6 Å². The molecule has 3 aromatic rings. The van der Waals surface area contributed by atoms with Gasteiger partial charge in [0.05, 0.1) is 29.5 Å². The third kappa shape index (κ3) is 5.13. The summed E-state index contributed by atoms with van der Waals surface area (Å²) in [6, 6.07) is 16.5. The Morgan fingerprint density at radius 3 is 2.58 bits per heavy atom. The van der Waals surface area contributed by atoms with E-state index in [1.165, 1.54) is 28.6 Å². The summed E-state index contributed by atoms with van der Waals surface area (Å²) in [5.41, 5.74) is 2.34. The number of halogens is 1. The van der Waals surface area contributed by atoms with Crippen molar-refractivity contribution < 1.29 is 13.2 Å². The smallest absolute Gasteiger partial charge is 0.266 e. The highest BCUT2D eigenvalue weighted by Gasteiger charge is 2.27. The second-order valence-electron chi connectivity index (χ2n) is 6.76. The van der Waals surface area contributed by atoms with Gasteiger partial charge in [-0.1, -0.05) is 41.9 Å². The Bertz CT molecular complexity index is 1200. The van der Waals surface area contributed by atoms with Gasteiger partial charge in [-0.2, -0.15) is 0 Å². The van der Waals surface area contributed by atoms with Gasteiger partial charge in [0.1, 0.15) is 4.90 Å². The molecule has 1 aromatic heterocycles. The molecule has 0 aliphatic rings. The number of nitrogens with one attached hydrogen (secondary N) is 1. The molecule has 1 heterocycles. The van der Waals surface area contributed by atoms with Gasteiger partial charge in [0.25, 0.3) is 15.9 Å². The predicted octanol–water partition coefficient (Wildman–Crippen LogP) is 4.35. The SMILES string of the molecule is C=CCN(c1ccccc1)S(=O)(=O)c1cc(C(=O)NCc2ncccc2C)ccc1Cl. The topological polar surface area (TPSA) is 79.4 Å². The molecule has 0 fully saturated rings. The molecule has 0 bridgehead atoms. The Kier molecular flexibility index (Phi) is 7.09. The van der Waals surface area contributed by atoms with E-state index >= 15 is 0 Å². The van der Waals surface area contributed by atoms with Crippen LogP contribution in [0.25, 0.3) is 0 Å². The first kappa shape index (κ1) is 22.5. The molecule has 2 aromatic carbocycles. The number of rotatable bonds is 8. The van der Waals surface area contributed by atoms with Crippen molar-refractivity contribution in [1.82, 2.24) is 10.3 Å². The fraction of sp³-hybridized carbons (Fsp3) is 0.130. The average molecular weight is 456 g/mol. The van der Waals surface area contributed by atoms with Gasteiger partial charge in [-0.05, 0) is 48.9 Å². The summed E-state index contributed by atoms with van der Waals surface area (Å²) in [5, 5.41) is 2.80. The quantitative estimate of drug-likeness (QED) is 0.512. The van der Waals surface area contributed by atoms with E-state index in [-0.39, 0.29) is 28.6 Å². The van der Waals surface area contributed by atoms with Crippen molar-refractivity contribution in [2.75, 3.05) is 10.8 Å². The molecule has 160 valence electrons. The van der Waals surface area contributed by atoms with Crippen LogP contribution in [0.15, 0.2) is 84.4 Å². The van der Waals surface area contributed by atoms with E-state index in [0.717, 1.165) is 11.3 Å². The van der Waals surface area contributed by atoms with E-state index in [1.807, 2.05) is 19.1 Å². The highest BCUT2D eigenvalue weighted by atomic mass is 35.5. The van der Waals surface area contributed by atoms with Crippen molar-refractivity contribution in [1.29, 1.82) is 0 Å². The Hall–Kier alpha value is -3.16. The lowest BCUT2D eigenvalue weighted by Crippen LogP contribution is -2.32. The Balaban J connectivity index is 1.91. The number of hydrogen-bond acceptors (Lipinski definition) is 4. The third-order valence-electron chi connectivity index (χ3n) is 4.63. The summed E-state index contributed by atoms with van der Waals surface area (Å²) in [6.07, 6.45) is 3.14. The van der Waals surface area contributed by atoms with Crippen LogP contribution in [0.3, 0.4) is 0 Å². The Morgan fingerprint density at radius 1 is 1.16 bits per heavy atom. The largest absolute Gasteiger partial charge is 0.346 e. The molecule has 1 amide bonds. The van der Waals surface area contributed by atoms with Crippen molar-refractivity contribution in [3.63, 3.8) is 0 Å². The summed E-state index contributed by atoms with van der Waals surface area (Å²) in [5.74, 6) is -0.423. The van der Waals surface area contributed by atoms with Crippen molar-refractivity contribution in [2.45, 2.75) is 18.4 Å². The second-order valence-corrected chi connectivity index (χ2v) is 8.99. The number of benzene rings is 2. The van der Waals surface area contributed by atoms with Crippen molar-refractivity contribution in [2.24, 2.45) is 0 Å². The van der Waals surface area contributed by atoms with Gasteiger partial charge in [-0.3, -0.25) is 14.1 Å². The van der Waals surface area contributed by atoms with Crippen molar-refractivity contribution in [3.05, 3.63) is 101 Å². The summed E-state index contributed by atoms with van der Waals surface area (Å²) >= 11 is 6.24. The van der Waals surface area contributed by atoms with E-state index < -0.39 is 15.9 Å². The van der Waals surface area contributed by atoms with Gasteiger partial charge in [-0.15, -0.1) is 6.58 Å². The number of pyridine rings is 1. The van der Waals surface area contributed by atoms with Crippen LogP contribution >= 0.6 is 11.6 Å². The molecule has 0 atom stereocenters. The molecule has 0 saturated carbocycles. The zero-order valence-corrected chi connectivity index (χ0v) is 18.5. The Morgan fingerprint density at radius 2 is 1.90 bits per heavy atom. The number of anilines is 1. The molecule has 0 aliphatic heterocycles. The lowest BCUT2D eigenvalue weighted by Gasteiger charge is -2.24. The van der Waals surface area contributed by atoms with E-state index in [0.29, 0.717) is 5.69 Å². The molecule has 31 heavy (non-hydrogen) atoms. The molecule has 6 nitrogen and oxygen atoms in total. The number of carbonyl (C=O) groups is 1. The van der Waals surface area contributed by atoms with Gasteiger partial charge >= 0.3 is 0 Å². The van der Waals surface area contributed by atoms with E-state index in [9.17, 15) is 13.2 Å². The summed E-state index contributed by atoms with van der Waals surface area (Å²) < 4.78 is 28.0. The molecule has 0 radical (unpaired) electrons. The normalized spacial score (nSPS) is 11.0. The molecule has 1 N–H and O–H groups in total. The average Bonchev–Trinajstić information content (AvgIpc) is 2.77. The van der Waals surface area contributed by atoms with Gasteiger partial charge < -0.3 is 5.32 Å². The van der Waals surface area contributed by atoms with E-state index in [4.69, 9.17) is 11.6 Å². The van der Waals surface area contributed by atoms with Crippen LogP contribution in [-0.4, -0.2) is 25.9 Å². The number of amides is 1. The minimum absolute atomic E-state index is 0.0297. The first-order chi connectivity index (χ1) is 14.8. The number of aryl methyl sites for hydroxylation is 1. The van der Waals surface area contributed by atoms with Gasteiger partial charge in [0.2, 0.25) is 0 Å². The fourth-order valence-electron chi connectivity index (χ4n) is 2.98. The Labute approximate surface area is 187 Å². The third-order valence-corrected chi connectivity index (χ3v) is 6.91. The fourth-order valence-corrected chi connectivity index (χ4v) is 4.92. The zero-order valence-electron chi connectivity index (χ0n) is 17.0. The maximum Gasteiger partial charge on any atom is 0.266 e. The minimum Gasteiger partial charge on any atom is -0.346 e. The molecular weight excluding hydrogens is 434 g/mol. The lowest BCUT2D eigenvalue weighted by molar-refractivity contribution is 0.0950. The molecule has 3 rings (SSSR count). The van der Waals surface area contributed by atoms with Crippen LogP contribution in [0.2, 0.25) is 5.02 Å². The molecule has 0 aliphatic carbocycles. The maximum atomic E-state index is 13.4. The molecular formula is C23H22ClN3O3S. The molecule has 0 unspecified atom stereocenters.